The molecule has 4 rings (SSSR count). The minimum absolute atomic E-state index is 0.0760. The van der Waals surface area contributed by atoms with Gasteiger partial charge < -0.3 is 4.90 Å². The number of aryl methyl sites for hydroxylation is 2. The summed E-state index contributed by atoms with van der Waals surface area (Å²) in [7, 11) is 0. The second-order valence-corrected chi connectivity index (χ2v) is 6.55. The van der Waals surface area contributed by atoms with Crippen LogP contribution in [0.1, 0.15) is 33.4 Å². The number of rotatable bonds is 3. The van der Waals surface area contributed by atoms with Crippen LogP contribution in [0, 0.1) is 13.8 Å². The zero-order valence-corrected chi connectivity index (χ0v) is 14.4. The second kappa shape index (κ2) is 6.16. The van der Waals surface area contributed by atoms with Crippen molar-refractivity contribution >= 4 is 5.91 Å². The molecular weight excluding hydrogens is 312 g/mol. The van der Waals surface area contributed by atoms with Crippen molar-refractivity contribution < 1.29 is 4.79 Å². The normalized spacial score (nSPS) is 14.4. The molecule has 1 amide bonds. The zero-order chi connectivity index (χ0) is 17.4. The van der Waals surface area contributed by atoms with Crippen molar-refractivity contribution in [2.45, 2.75) is 19.8 Å². The summed E-state index contributed by atoms with van der Waals surface area (Å²) >= 11 is 0. The van der Waals surface area contributed by atoms with Crippen molar-refractivity contribution in [2.24, 2.45) is 0 Å². The Kier molecular flexibility index (Phi) is 3.84. The highest BCUT2D eigenvalue weighted by atomic mass is 16.2. The Balaban J connectivity index is 1.44. The predicted molar refractivity (Wildman–Crippen MR) is 95.9 cm³/mol. The minimum atomic E-state index is 0.0760. The highest BCUT2D eigenvalue weighted by Crippen LogP contribution is 2.27. The van der Waals surface area contributed by atoms with E-state index in [1.807, 2.05) is 72.0 Å². The van der Waals surface area contributed by atoms with Gasteiger partial charge in [-0.15, -0.1) is 0 Å². The Labute approximate surface area is 146 Å². The smallest absolute Gasteiger partial charge is 0.253 e. The predicted octanol–water partition coefficient (Wildman–Crippen LogP) is 3.12. The van der Waals surface area contributed by atoms with Gasteiger partial charge in [-0.2, -0.15) is 5.10 Å². The summed E-state index contributed by atoms with van der Waals surface area (Å²) in [5, 5.41) is 4.48. The van der Waals surface area contributed by atoms with Crippen LogP contribution in [-0.4, -0.2) is 38.7 Å². The van der Waals surface area contributed by atoms with E-state index >= 15 is 0 Å². The molecular formula is C20H20N4O. The molecule has 0 aliphatic carbocycles. The Morgan fingerprint density at radius 1 is 1.08 bits per heavy atom. The third kappa shape index (κ3) is 2.93. The van der Waals surface area contributed by atoms with E-state index in [1.54, 1.807) is 6.20 Å². The molecule has 0 spiro atoms. The third-order valence-electron chi connectivity index (χ3n) is 4.64. The Hall–Kier alpha value is -2.95. The van der Waals surface area contributed by atoms with Gasteiger partial charge in [0.1, 0.15) is 0 Å². The summed E-state index contributed by atoms with van der Waals surface area (Å²) in [6.45, 7) is 5.46. The Bertz CT molecular complexity index is 893. The molecule has 3 heterocycles. The molecule has 1 aromatic carbocycles. The fourth-order valence-corrected chi connectivity index (χ4v) is 3.27. The van der Waals surface area contributed by atoms with E-state index < -0.39 is 0 Å². The minimum Gasteiger partial charge on any atom is -0.337 e. The second-order valence-electron chi connectivity index (χ2n) is 6.55. The highest BCUT2D eigenvalue weighted by molar-refractivity contribution is 5.95. The monoisotopic (exact) mass is 332 g/mol. The van der Waals surface area contributed by atoms with Crippen molar-refractivity contribution in [3.05, 3.63) is 77.4 Å². The van der Waals surface area contributed by atoms with Crippen LogP contribution in [0.4, 0.5) is 0 Å². The van der Waals surface area contributed by atoms with Gasteiger partial charge in [-0.3, -0.25) is 9.78 Å². The van der Waals surface area contributed by atoms with Crippen LogP contribution in [-0.2, 0) is 0 Å². The number of pyridine rings is 1. The number of amides is 1. The molecule has 0 saturated carbocycles. The summed E-state index contributed by atoms with van der Waals surface area (Å²) in [5.74, 6) is 0.422. The molecule has 0 bridgehead atoms. The summed E-state index contributed by atoms with van der Waals surface area (Å²) in [5.41, 5.74) is 4.81. The first-order valence-corrected chi connectivity index (χ1v) is 8.46. The van der Waals surface area contributed by atoms with Crippen LogP contribution in [0.25, 0.3) is 5.69 Å². The third-order valence-corrected chi connectivity index (χ3v) is 4.64. The van der Waals surface area contributed by atoms with Crippen LogP contribution in [0.3, 0.4) is 0 Å². The standard InChI is InChI=1S/C20H20N4O/c1-14-11-15(2)24(22-14)18-8-6-16(7-9-18)20(25)23-12-17(13-23)19-5-3-4-10-21-19/h3-11,17H,12-13H2,1-2H3. The SMILES string of the molecule is Cc1cc(C)n(-c2ccc(C(=O)N3CC(c4ccccn4)C3)cc2)n1. The molecule has 126 valence electrons. The molecule has 3 aromatic rings. The molecule has 1 saturated heterocycles. The van der Waals surface area contributed by atoms with Crippen molar-refractivity contribution in [3.8, 4) is 5.69 Å². The summed E-state index contributed by atoms with van der Waals surface area (Å²) in [4.78, 5) is 18.9. The van der Waals surface area contributed by atoms with Gasteiger partial charge in [0.05, 0.1) is 11.4 Å². The van der Waals surface area contributed by atoms with Crippen molar-refractivity contribution in [2.75, 3.05) is 13.1 Å². The fourth-order valence-electron chi connectivity index (χ4n) is 3.27. The molecule has 0 N–H and O–H groups in total. The molecule has 5 nitrogen and oxygen atoms in total. The van der Waals surface area contributed by atoms with Crippen LogP contribution >= 0.6 is 0 Å². The number of carbonyl (C=O) groups is 1. The Morgan fingerprint density at radius 2 is 1.84 bits per heavy atom. The molecule has 1 fully saturated rings. The number of hydrogen-bond donors (Lipinski definition) is 0. The largest absolute Gasteiger partial charge is 0.337 e. The highest BCUT2D eigenvalue weighted by Gasteiger charge is 2.32. The first kappa shape index (κ1) is 15.6. The van der Waals surface area contributed by atoms with E-state index in [0.29, 0.717) is 11.5 Å². The van der Waals surface area contributed by atoms with Crippen LogP contribution in [0.5, 0.6) is 0 Å². The molecule has 5 heteroatoms. The summed E-state index contributed by atoms with van der Waals surface area (Å²) in [6, 6.07) is 15.6. The first-order chi connectivity index (χ1) is 12.1. The lowest BCUT2D eigenvalue weighted by atomic mass is 9.95. The number of likely N-dealkylation sites (tertiary alicyclic amines) is 1. The fraction of sp³-hybridized carbons (Fsp3) is 0.250. The van der Waals surface area contributed by atoms with Gasteiger partial charge in [-0.25, -0.2) is 4.68 Å². The van der Waals surface area contributed by atoms with Crippen LogP contribution < -0.4 is 0 Å². The van der Waals surface area contributed by atoms with Crippen molar-refractivity contribution in [3.63, 3.8) is 0 Å². The van der Waals surface area contributed by atoms with E-state index in [0.717, 1.165) is 35.9 Å². The molecule has 2 aromatic heterocycles. The molecule has 0 unspecified atom stereocenters. The van der Waals surface area contributed by atoms with Gasteiger partial charge in [0.15, 0.2) is 0 Å². The maximum absolute atomic E-state index is 12.6. The van der Waals surface area contributed by atoms with Gasteiger partial charge >= 0.3 is 0 Å². The van der Waals surface area contributed by atoms with E-state index in [4.69, 9.17) is 0 Å². The van der Waals surface area contributed by atoms with Crippen molar-refractivity contribution in [1.82, 2.24) is 19.7 Å². The first-order valence-electron chi connectivity index (χ1n) is 8.46. The van der Waals surface area contributed by atoms with Crippen LogP contribution in [0.15, 0.2) is 54.7 Å². The van der Waals surface area contributed by atoms with Crippen LogP contribution in [0.2, 0.25) is 0 Å². The molecule has 1 aliphatic heterocycles. The van der Waals surface area contributed by atoms with Gasteiger partial charge in [-0.1, -0.05) is 6.07 Å². The van der Waals surface area contributed by atoms with E-state index in [2.05, 4.69) is 10.1 Å². The lowest BCUT2D eigenvalue weighted by molar-refractivity contribution is 0.0599. The number of nitrogens with zero attached hydrogens (tertiary/aromatic N) is 4. The molecule has 25 heavy (non-hydrogen) atoms. The molecule has 0 atom stereocenters. The average Bonchev–Trinajstić information content (AvgIpc) is 2.93. The van der Waals surface area contributed by atoms with Gasteiger partial charge in [0, 0.05) is 42.2 Å². The van der Waals surface area contributed by atoms with Gasteiger partial charge in [-0.05, 0) is 56.3 Å². The summed E-state index contributed by atoms with van der Waals surface area (Å²) in [6.07, 6.45) is 1.80. The average molecular weight is 332 g/mol. The quantitative estimate of drug-likeness (QED) is 0.740. The van der Waals surface area contributed by atoms with E-state index in [-0.39, 0.29) is 5.91 Å². The van der Waals surface area contributed by atoms with E-state index in [9.17, 15) is 4.79 Å². The molecule has 1 aliphatic rings. The number of benzene rings is 1. The number of aromatic nitrogens is 3. The number of carbonyl (C=O) groups excluding carboxylic acids is 1. The Morgan fingerprint density at radius 3 is 2.44 bits per heavy atom. The maximum atomic E-state index is 12.6. The van der Waals surface area contributed by atoms with Gasteiger partial charge in [0.2, 0.25) is 0 Å². The lowest BCUT2D eigenvalue weighted by Crippen LogP contribution is -2.48. The lowest BCUT2D eigenvalue weighted by Gasteiger charge is -2.39. The zero-order valence-electron chi connectivity index (χ0n) is 14.4. The summed E-state index contributed by atoms with van der Waals surface area (Å²) < 4.78 is 1.89. The molecule has 0 radical (unpaired) electrons. The maximum Gasteiger partial charge on any atom is 0.253 e. The van der Waals surface area contributed by atoms with Gasteiger partial charge in [0.25, 0.3) is 5.91 Å². The topological polar surface area (TPSA) is 51.0 Å². The number of hydrogen-bond acceptors (Lipinski definition) is 3. The van der Waals surface area contributed by atoms with Crippen molar-refractivity contribution in [1.29, 1.82) is 0 Å². The van der Waals surface area contributed by atoms with E-state index in [1.165, 1.54) is 0 Å².